The summed E-state index contributed by atoms with van der Waals surface area (Å²) in [6.07, 6.45) is 13.9. The average molecular weight is 302 g/mol. The molecule has 0 bridgehead atoms. The van der Waals surface area contributed by atoms with Crippen molar-refractivity contribution in [3.05, 3.63) is 0 Å². The molecule has 122 valence electrons. The number of hydrogen-bond donors (Lipinski definition) is 0. The quantitative estimate of drug-likeness (QED) is 0.286. The van der Waals surface area contributed by atoms with Crippen molar-refractivity contribution in [3.63, 3.8) is 0 Å². The molecule has 1 atom stereocenters. The van der Waals surface area contributed by atoms with Crippen LogP contribution < -0.4 is 0 Å². The van der Waals surface area contributed by atoms with E-state index >= 15 is 0 Å². The third-order valence-electron chi connectivity index (χ3n) is 4.57. The molecule has 0 radical (unpaired) electrons. The van der Waals surface area contributed by atoms with Gasteiger partial charge in [-0.3, -0.25) is 0 Å². The molecule has 1 nitrogen and oxygen atoms in total. The molecule has 0 aliphatic rings. The lowest BCUT2D eigenvalue weighted by atomic mass is 9.83. The number of methoxy groups -OCH3 is 1. The maximum absolute atomic E-state index is 5.76. The second-order valence-electron chi connectivity index (χ2n) is 7.01. The molecule has 0 heterocycles. The van der Waals surface area contributed by atoms with Crippen molar-refractivity contribution >= 4 is 7.92 Å². The van der Waals surface area contributed by atoms with Crippen LogP contribution in [0.4, 0.5) is 0 Å². The van der Waals surface area contributed by atoms with Gasteiger partial charge in [-0.25, -0.2) is 0 Å². The summed E-state index contributed by atoms with van der Waals surface area (Å²) in [4.78, 5) is 0. The van der Waals surface area contributed by atoms with Gasteiger partial charge in [-0.05, 0) is 58.5 Å². The highest BCUT2D eigenvalue weighted by Crippen LogP contribution is 2.33. The smallest absolute Gasteiger partial charge is 0.0650 e. The van der Waals surface area contributed by atoms with Gasteiger partial charge < -0.3 is 4.74 Å². The van der Waals surface area contributed by atoms with Gasteiger partial charge in [0.05, 0.1) is 5.60 Å². The third kappa shape index (κ3) is 10.2. The zero-order valence-electron chi connectivity index (χ0n) is 15.0. The van der Waals surface area contributed by atoms with E-state index in [1.54, 1.807) is 0 Å². The van der Waals surface area contributed by atoms with Crippen molar-refractivity contribution in [2.75, 3.05) is 26.6 Å². The van der Waals surface area contributed by atoms with Crippen molar-refractivity contribution in [2.45, 2.75) is 84.2 Å². The van der Waals surface area contributed by atoms with Crippen LogP contribution in [-0.4, -0.2) is 32.2 Å². The SMILES string of the molecule is CCCCCCCCC(CCCP(C)C)C(C)(C)OC. The van der Waals surface area contributed by atoms with Crippen LogP contribution in [0.1, 0.15) is 78.6 Å². The Balaban J connectivity index is 3.99. The minimum absolute atomic E-state index is 0.0493. The van der Waals surface area contributed by atoms with Crippen molar-refractivity contribution in [1.29, 1.82) is 0 Å². The summed E-state index contributed by atoms with van der Waals surface area (Å²) in [6.45, 7) is 11.6. The molecule has 0 aromatic carbocycles. The van der Waals surface area contributed by atoms with Crippen molar-refractivity contribution < 1.29 is 4.74 Å². The largest absolute Gasteiger partial charge is 0.379 e. The maximum atomic E-state index is 5.76. The molecule has 0 fully saturated rings. The summed E-state index contributed by atoms with van der Waals surface area (Å²) in [5, 5.41) is 0. The van der Waals surface area contributed by atoms with Crippen LogP contribution in [0.2, 0.25) is 0 Å². The predicted molar refractivity (Wildman–Crippen MR) is 95.4 cm³/mol. The highest BCUT2D eigenvalue weighted by Gasteiger charge is 2.28. The Bertz CT molecular complexity index is 213. The molecule has 0 aromatic rings. The lowest BCUT2D eigenvalue weighted by Gasteiger charge is -2.33. The summed E-state index contributed by atoms with van der Waals surface area (Å²) in [6, 6.07) is 0. The van der Waals surface area contributed by atoms with E-state index in [1.807, 2.05) is 7.11 Å². The number of unbranched alkanes of at least 4 members (excludes halogenated alkanes) is 5. The summed E-state index contributed by atoms with van der Waals surface area (Å²) in [5.74, 6) is 0.730. The third-order valence-corrected chi connectivity index (χ3v) is 5.78. The minimum Gasteiger partial charge on any atom is -0.379 e. The molecule has 0 spiro atoms. The number of hydrogen-bond acceptors (Lipinski definition) is 1. The normalized spacial score (nSPS) is 13.9. The van der Waals surface area contributed by atoms with E-state index in [0.29, 0.717) is 0 Å². The van der Waals surface area contributed by atoms with Crippen LogP contribution in [0.15, 0.2) is 0 Å². The maximum Gasteiger partial charge on any atom is 0.0650 e. The second kappa shape index (κ2) is 12.0. The first-order valence-electron chi connectivity index (χ1n) is 8.64. The summed E-state index contributed by atoms with van der Waals surface area (Å²) < 4.78 is 5.76. The fourth-order valence-electron chi connectivity index (χ4n) is 2.83. The van der Waals surface area contributed by atoms with E-state index in [2.05, 4.69) is 34.1 Å². The van der Waals surface area contributed by atoms with Crippen molar-refractivity contribution in [1.82, 2.24) is 0 Å². The Morgan fingerprint density at radius 3 is 2.00 bits per heavy atom. The summed E-state index contributed by atoms with van der Waals surface area (Å²) in [5.41, 5.74) is 0.0493. The summed E-state index contributed by atoms with van der Waals surface area (Å²) in [7, 11) is 2.14. The molecule has 0 saturated carbocycles. The first-order chi connectivity index (χ1) is 9.44. The van der Waals surface area contributed by atoms with E-state index < -0.39 is 0 Å². The van der Waals surface area contributed by atoms with E-state index in [-0.39, 0.29) is 13.5 Å². The van der Waals surface area contributed by atoms with E-state index in [9.17, 15) is 0 Å². The molecule has 0 rings (SSSR count). The predicted octanol–water partition coefficient (Wildman–Crippen LogP) is 6.30. The molecule has 0 aromatic heterocycles. The zero-order valence-corrected chi connectivity index (χ0v) is 15.9. The van der Waals surface area contributed by atoms with E-state index in [1.165, 1.54) is 63.9 Å². The Morgan fingerprint density at radius 2 is 1.45 bits per heavy atom. The minimum atomic E-state index is 0.0493. The molecule has 1 unspecified atom stereocenters. The fourth-order valence-corrected chi connectivity index (χ4v) is 3.65. The van der Waals surface area contributed by atoms with Gasteiger partial charge in [0.25, 0.3) is 0 Å². The van der Waals surface area contributed by atoms with Gasteiger partial charge in [-0.1, -0.05) is 45.4 Å². The Labute approximate surface area is 130 Å². The van der Waals surface area contributed by atoms with Crippen LogP contribution in [0, 0.1) is 5.92 Å². The molecular weight excluding hydrogens is 263 g/mol. The van der Waals surface area contributed by atoms with Gasteiger partial charge >= 0.3 is 0 Å². The Hall–Kier alpha value is 0.390. The van der Waals surface area contributed by atoms with Crippen molar-refractivity contribution in [2.24, 2.45) is 5.92 Å². The lowest BCUT2D eigenvalue weighted by molar-refractivity contribution is -0.0346. The molecule has 0 aliphatic heterocycles. The van der Waals surface area contributed by atoms with Crippen LogP contribution in [0.5, 0.6) is 0 Å². The Kier molecular flexibility index (Phi) is 12.2. The summed E-state index contributed by atoms with van der Waals surface area (Å²) >= 11 is 0. The molecule has 0 aliphatic carbocycles. The molecule has 0 N–H and O–H groups in total. The van der Waals surface area contributed by atoms with Crippen LogP contribution in [0.3, 0.4) is 0 Å². The van der Waals surface area contributed by atoms with Crippen LogP contribution in [-0.2, 0) is 4.74 Å². The zero-order chi connectivity index (χ0) is 15.4. The van der Waals surface area contributed by atoms with Crippen molar-refractivity contribution in [3.8, 4) is 0 Å². The number of ether oxygens (including phenoxy) is 1. The fraction of sp³-hybridized carbons (Fsp3) is 1.00. The van der Waals surface area contributed by atoms with E-state index in [4.69, 9.17) is 4.74 Å². The van der Waals surface area contributed by atoms with Gasteiger partial charge in [0, 0.05) is 7.11 Å². The van der Waals surface area contributed by atoms with Gasteiger partial charge in [0.2, 0.25) is 0 Å². The second-order valence-corrected chi connectivity index (χ2v) is 9.61. The molecule has 20 heavy (non-hydrogen) atoms. The molecule has 0 saturated heterocycles. The van der Waals surface area contributed by atoms with Gasteiger partial charge in [0.15, 0.2) is 0 Å². The highest BCUT2D eigenvalue weighted by molar-refractivity contribution is 7.55. The Morgan fingerprint density at radius 1 is 0.900 bits per heavy atom. The standard InChI is InChI=1S/C18H39OP/c1-7-8-9-10-11-12-14-17(18(2,3)19-4)15-13-16-20(5)6/h17H,7-16H2,1-6H3. The monoisotopic (exact) mass is 302 g/mol. The first kappa shape index (κ1) is 20.4. The van der Waals surface area contributed by atoms with Crippen LogP contribution in [0.25, 0.3) is 0 Å². The first-order valence-corrected chi connectivity index (χ1v) is 11.1. The van der Waals surface area contributed by atoms with Gasteiger partial charge in [-0.2, -0.15) is 0 Å². The molecule has 0 amide bonds. The molecule has 2 heteroatoms. The number of rotatable bonds is 13. The lowest BCUT2D eigenvalue weighted by Crippen LogP contribution is -2.33. The van der Waals surface area contributed by atoms with E-state index in [0.717, 1.165) is 5.92 Å². The highest BCUT2D eigenvalue weighted by atomic mass is 31.1. The van der Waals surface area contributed by atoms with Gasteiger partial charge in [0.1, 0.15) is 0 Å². The van der Waals surface area contributed by atoms with Crippen LogP contribution >= 0.6 is 7.92 Å². The average Bonchev–Trinajstić information content (AvgIpc) is 2.40. The van der Waals surface area contributed by atoms with Gasteiger partial charge in [-0.15, -0.1) is 7.92 Å². The molecular formula is C18H39OP. The topological polar surface area (TPSA) is 9.23 Å².